The summed E-state index contributed by atoms with van der Waals surface area (Å²) in [6.45, 7) is 11.3. The Kier molecular flexibility index (Phi) is 10.3. The monoisotopic (exact) mass is 396 g/mol. The second-order valence-electron chi connectivity index (χ2n) is 7.16. The number of halogens is 4. The number of allylic oxidation sites excluding steroid dienone is 10. The van der Waals surface area contributed by atoms with Crippen LogP contribution in [0.25, 0.3) is 0 Å². The standard InChI is InChI=1S/C24H32F4/c1-5-10-19(6-2)11-8-12-21(18(4)25)17-22-13-9-14-23(24(26,27)28)16-15-20(22)7-3/h6,9,11-12,14,23H,2,4-5,7-8,10,13,15-17H2,1,3H3/b14-9+,19-11+,21-12-,22-20+. The lowest BCUT2D eigenvalue weighted by Crippen LogP contribution is -2.21. The van der Waals surface area contributed by atoms with Gasteiger partial charge in [-0.05, 0) is 50.5 Å². The van der Waals surface area contributed by atoms with E-state index >= 15 is 0 Å². The Morgan fingerprint density at radius 1 is 1.21 bits per heavy atom. The Labute approximate surface area is 167 Å². The Morgan fingerprint density at radius 2 is 1.93 bits per heavy atom. The van der Waals surface area contributed by atoms with Crippen molar-refractivity contribution < 1.29 is 17.6 Å². The van der Waals surface area contributed by atoms with E-state index < -0.39 is 17.9 Å². The fourth-order valence-corrected chi connectivity index (χ4v) is 3.46. The molecular weight excluding hydrogens is 364 g/mol. The number of alkyl halides is 3. The first-order chi connectivity index (χ1) is 13.2. The molecule has 0 N–H and O–H groups in total. The molecule has 0 bridgehead atoms. The maximum atomic E-state index is 14.0. The minimum absolute atomic E-state index is 0.0464. The predicted octanol–water partition coefficient (Wildman–Crippen LogP) is 8.71. The van der Waals surface area contributed by atoms with Crippen molar-refractivity contribution in [2.75, 3.05) is 0 Å². The van der Waals surface area contributed by atoms with E-state index in [1.54, 1.807) is 6.08 Å². The van der Waals surface area contributed by atoms with E-state index in [9.17, 15) is 17.6 Å². The van der Waals surface area contributed by atoms with Crippen LogP contribution in [-0.2, 0) is 0 Å². The first kappa shape index (κ1) is 24.2. The summed E-state index contributed by atoms with van der Waals surface area (Å²) in [4.78, 5) is 0. The average Bonchev–Trinajstić information content (AvgIpc) is 2.60. The summed E-state index contributed by atoms with van der Waals surface area (Å²) >= 11 is 0. The van der Waals surface area contributed by atoms with Crippen molar-refractivity contribution in [1.82, 2.24) is 0 Å². The Hall–Kier alpha value is -1.84. The Bertz CT molecular complexity index is 657. The zero-order chi connectivity index (χ0) is 21.2. The van der Waals surface area contributed by atoms with E-state index in [4.69, 9.17) is 0 Å². The molecule has 1 rings (SSSR count). The lowest BCUT2D eigenvalue weighted by atomic mass is 9.87. The minimum Gasteiger partial charge on any atom is -0.207 e. The molecule has 0 aromatic rings. The first-order valence-corrected chi connectivity index (χ1v) is 10.0. The van der Waals surface area contributed by atoms with Crippen LogP contribution in [0.1, 0.15) is 65.2 Å². The smallest absolute Gasteiger partial charge is 0.207 e. The lowest BCUT2D eigenvalue weighted by molar-refractivity contribution is -0.162. The molecule has 0 aromatic carbocycles. The molecule has 0 aromatic heterocycles. The molecule has 4 heteroatoms. The van der Waals surface area contributed by atoms with Crippen LogP contribution >= 0.6 is 0 Å². The maximum Gasteiger partial charge on any atom is 0.395 e. The van der Waals surface area contributed by atoms with E-state index in [0.29, 0.717) is 37.7 Å². The number of rotatable bonds is 9. The van der Waals surface area contributed by atoms with E-state index in [-0.39, 0.29) is 6.42 Å². The van der Waals surface area contributed by atoms with Gasteiger partial charge in [-0.2, -0.15) is 13.2 Å². The van der Waals surface area contributed by atoms with Crippen LogP contribution in [0.15, 0.2) is 71.7 Å². The summed E-state index contributed by atoms with van der Waals surface area (Å²) in [5, 5.41) is 0. The molecule has 0 aliphatic heterocycles. The third kappa shape index (κ3) is 8.04. The van der Waals surface area contributed by atoms with E-state index in [0.717, 1.165) is 29.6 Å². The van der Waals surface area contributed by atoms with Crippen LogP contribution < -0.4 is 0 Å². The molecular formula is C24H32F4. The Balaban J connectivity index is 2.98. The SMILES string of the molecule is C=C/C(=C\C/C=C(/C/C1=C(\CC)CCC(C(F)(F)F)/C=C/C1)C(=C)F)CCC. The molecule has 28 heavy (non-hydrogen) atoms. The Morgan fingerprint density at radius 3 is 2.46 bits per heavy atom. The zero-order valence-electron chi connectivity index (χ0n) is 17.0. The summed E-state index contributed by atoms with van der Waals surface area (Å²) in [6, 6.07) is 0. The topological polar surface area (TPSA) is 0 Å². The van der Waals surface area contributed by atoms with Crippen LogP contribution in [0.2, 0.25) is 0 Å². The van der Waals surface area contributed by atoms with Crippen molar-refractivity contribution in [2.24, 2.45) is 5.92 Å². The summed E-state index contributed by atoms with van der Waals surface area (Å²) in [7, 11) is 0. The highest BCUT2D eigenvalue weighted by Gasteiger charge is 2.37. The van der Waals surface area contributed by atoms with Gasteiger partial charge in [0.2, 0.25) is 0 Å². The lowest BCUT2D eigenvalue weighted by Gasteiger charge is -2.22. The second-order valence-corrected chi connectivity index (χ2v) is 7.16. The molecule has 1 aliphatic carbocycles. The van der Waals surface area contributed by atoms with Gasteiger partial charge in [-0.1, -0.05) is 80.5 Å². The second kappa shape index (κ2) is 11.9. The summed E-state index contributed by atoms with van der Waals surface area (Å²) in [6.07, 6.45) is 8.75. The fourth-order valence-electron chi connectivity index (χ4n) is 3.46. The quantitative estimate of drug-likeness (QED) is 0.208. The summed E-state index contributed by atoms with van der Waals surface area (Å²) in [5.41, 5.74) is 3.64. The van der Waals surface area contributed by atoms with Gasteiger partial charge in [0.15, 0.2) is 0 Å². The van der Waals surface area contributed by atoms with Crippen molar-refractivity contribution in [3.05, 3.63) is 71.7 Å². The predicted molar refractivity (Wildman–Crippen MR) is 111 cm³/mol. The zero-order valence-corrected chi connectivity index (χ0v) is 17.0. The molecule has 156 valence electrons. The largest absolute Gasteiger partial charge is 0.395 e. The van der Waals surface area contributed by atoms with Crippen molar-refractivity contribution in [3.63, 3.8) is 0 Å². The van der Waals surface area contributed by atoms with Crippen LogP contribution in [-0.4, -0.2) is 6.18 Å². The van der Waals surface area contributed by atoms with Crippen LogP contribution in [0.5, 0.6) is 0 Å². The summed E-state index contributed by atoms with van der Waals surface area (Å²) in [5.74, 6) is -1.88. The van der Waals surface area contributed by atoms with Crippen molar-refractivity contribution in [1.29, 1.82) is 0 Å². The van der Waals surface area contributed by atoms with Crippen molar-refractivity contribution in [3.8, 4) is 0 Å². The molecule has 0 saturated heterocycles. The normalized spacial score (nSPS) is 23.1. The van der Waals surface area contributed by atoms with Gasteiger partial charge >= 0.3 is 6.18 Å². The maximum absolute atomic E-state index is 14.0. The molecule has 0 amide bonds. The molecule has 0 spiro atoms. The molecule has 1 aliphatic rings. The van der Waals surface area contributed by atoms with Crippen LogP contribution in [0.3, 0.4) is 0 Å². The van der Waals surface area contributed by atoms with Crippen LogP contribution in [0, 0.1) is 5.92 Å². The van der Waals surface area contributed by atoms with Gasteiger partial charge < -0.3 is 0 Å². The average molecular weight is 397 g/mol. The molecule has 0 heterocycles. The third-order valence-electron chi connectivity index (χ3n) is 5.13. The summed E-state index contributed by atoms with van der Waals surface area (Å²) < 4.78 is 53.1. The highest BCUT2D eigenvalue weighted by Crippen LogP contribution is 2.36. The van der Waals surface area contributed by atoms with E-state index in [1.807, 2.05) is 25.2 Å². The van der Waals surface area contributed by atoms with Gasteiger partial charge in [0.05, 0.1) is 5.92 Å². The molecule has 1 unspecified atom stereocenters. The first-order valence-electron chi connectivity index (χ1n) is 10.0. The molecule has 0 radical (unpaired) electrons. The molecule has 0 saturated carbocycles. The molecule has 0 fully saturated rings. The highest BCUT2D eigenvalue weighted by atomic mass is 19.4. The van der Waals surface area contributed by atoms with E-state index in [1.165, 1.54) is 6.08 Å². The third-order valence-corrected chi connectivity index (χ3v) is 5.13. The van der Waals surface area contributed by atoms with Gasteiger partial charge in [-0.25, -0.2) is 4.39 Å². The number of hydrogen-bond acceptors (Lipinski definition) is 0. The fraction of sp³-hybridized carbons (Fsp3) is 0.500. The van der Waals surface area contributed by atoms with Crippen molar-refractivity contribution in [2.45, 2.75) is 71.4 Å². The molecule has 1 atom stereocenters. The van der Waals surface area contributed by atoms with Gasteiger partial charge in [-0.3, -0.25) is 0 Å². The van der Waals surface area contributed by atoms with E-state index in [2.05, 4.69) is 20.1 Å². The van der Waals surface area contributed by atoms with Crippen LogP contribution in [0.4, 0.5) is 17.6 Å². The van der Waals surface area contributed by atoms with Crippen molar-refractivity contribution >= 4 is 0 Å². The van der Waals surface area contributed by atoms with Gasteiger partial charge in [-0.15, -0.1) is 0 Å². The highest BCUT2D eigenvalue weighted by molar-refractivity contribution is 5.33. The van der Waals surface area contributed by atoms with Gasteiger partial charge in [0.25, 0.3) is 0 Å². The van der Waals surface area contributed by atoms with Gasteiger partial charge in [0.1, 0.15) is 5.83 Å². The van der Waals surface area contributed by atoms with Gasteiger partial charge in [0, 0.05) is 0 Å². The molecule has 0 nitrogen and oxygen atoms in total. The number of hydrogen-bond donors (Lipinski definition) is 0. The minimum atomic E-state index is -4.21.